The van der Waals surface area contributed by atoms with Crippen LogP contribution < -0.4 is 20.6 Å². The van der Waals surface area contributed by atoms with Crippen molar-refractivity contribution in [2.24, 2.45) is 0 Å². The minimum atomic E-state index is -0.155. The zero-order valence-electron chi connectivity index (χ0n) is 20.6. The molecule has 3 heterocycles. The number of aromatic amines is 2. The van der Waals surface area contributed by atoms with Gasteiger partial charge in [-0.2, -0.15) is 0 Å². The summed E-state index contributed by atoms with van der Waals surface area (Å²) >= 11 is 0. The first kappa shape index (κ1) is 22.8. The van der Waals surface area contributed by atoms with Gasteiger partial charge < -0.3 is 4.74 Å². The number of anilines is 2. The van der Waals surface area contributed by atoms with E-state index in [0.29, 0.717) is 17.2 Å². The second kappa shape index (κ2) is 9.78. The third-order valence-corrected chi connectivity index (χ3v) is 6.82. The van der Waals surface area contributed by atoms with Gasteiger partial charge in [0.2, 0.25) is 5.82 Å². The van der Waals surface area contributed by atoms with Crippen molar-refractivity contribution in [3.05, 3.63) is 101 Å². The maximum absolute atomic E-state index is 14.2. The number of methoxy groups -OCH3 is 1. The molecule has 0 unspecified atom stereocenters. The minimum Gasteiger partial charge on any atom is -0.497 e. The van der Waals surface area contributed by atoms with Gasteiger partial charge in [0.15, 0.2) is 5.82 Å². The first-order valence-corrected chi connectivity index (χ1v) is 12.5. The van der Waals surface area contributed by atoms with Crippen molar-refractivity contribution in [1.29, 1.82) is 0 Å². The quantitative estimate of drug-likeness (QED) is 0.311. The van der Waals surface area contributed by atoms with E-state index in [1.807, 2.05) is 60.7 Å². The Kier molecular flexibility index (Phi) is 6.02. The van der Waals surface area contributed by atoms with E-state index in [0.717, 1.165) is 53.0 Å². The molecular weight excluding hydrogens is 462 g/mol. The van der Waals surface area contributed by atoms with E-state index >= 15 is 0 Å². The highest BCUT2D eigenvalue weighted by Crippen LogP contribution is 2.36. The Morgan fingerprint density at radius 2 is 1.76 bits per heavy atom. The molecule has 3 N–H and O–H groups in total. The summed E-state index contributed by atoms with van der Waals surface area (Å²) in [6, 6.07) is 23.3. The van der Waals surface area contributed by atoms with Crippen LogP contribution in [0.3, 0.4) is 0 Å². The fourth-order valence-corrected chi connectivity index (χ4v) is 5.00. The van der Waals surface area contributed by atoms with Gasteiger partial charge in [-0.3, -0.25) is 5.32 Å². The number of benzene rings is 2. The van der Waals surface area contributed by atoms with E-state index < -0.39 is 0 Å². The molecule has 0 saturated carbocycles. The van der Waals surface area contributed by atoms with Gasteiger partial charge in [-0.1, -0.05) is 54.6 Å². The SMILES string of the molecule is COc1ccc(-c2c(Nc3ccccn3)[nH+]c3c(C4=CCCCC4)c(-c4ccccc4)[nH]n3c2=O)cc1. The summed E-state index contributed by atoms with van der Waals surface area (Å²) in [6.07, 6.45) is 8.35. The van der Waals surface area contributed by atoms with E-state index in [1.165, 1.54) is 12.0 Å². The predicted octanol–water partition coefficient (Wildman–Crippen LogP) is 5.88. The monoisotopic (exact) mass is 490 g/mol. The number of pyridine rings is 1. The number of hydrogen-bond acceptors (Lipinski definition) is 4. The number of nitrogens with zero attached hydrogens (tertiary/aromatic N) is 2. The summed E-state index contributed by atoms with van der Waals surface area (Å²) in [6.45, 7) is 0. The zero-order valence-corrected chi connectivity index (χ0v) is 20.6. The predicted molar refractivity (Wildman–Crippen MR) is 146 cm³/mol. The van der Waals surface area contributed by atoms with Crippen molar-refractivity contribution in [2.45, 2.75) is 25.7 Å². The van der Waals surface area contributed by atoms with Gasteiger partial charge in [-0.05, 0) is 61.1 Å². The Balaban J connectivity index is 1.65. The molecule has 1 aliphatic rings. The third-order valence-electron chi connectivity index (χ3n) is 6.82. The lowest BCUT2D eigenvalue weighted by Crippen LogP contribution is -2.27. The van der Waals surface area contributed by atoms with Crippen molar-refractivity contribution >= 4 is 22.9 Å². The average molecular weight is 491 g/mol. The smallest absolute Gasteiger partial charge is 0.343 e. The van der Waals surface area contributed by atoms with Crippen LogP contribution in [0.15, 0.2) is 89.9 Å². The van der Waals surface area contributed by atoms with Gasteiger partial charge in [0.25, 0.3) is 5.65 Å². The summed E-state index contributed by atoms with van der Waals surface area (Å²) in [5.41, 5.74) is 6.10. The lowest BCUT2D eigenvalue weighted by atomic mass is 9.92. The van der Waals surface area contributed by atoms with Gasteiger partial charge in [-0.25, -0.2) is 19.9 Å². The van der Waals surface area contributed by atoms with Gasteiger partial charge >= 0.3 is 5.56 Å². The highest BCUT2D eigenvalue weighted by atomic mass is 16.5. The van der Waals surface area contributed by atoms with Crippen molar-refractivity contribution in [1.82, 2.24) is 14.6 Å². The molecule has 7 heteroatoms. The fourth-order valence-electron chi connectivity index (χ4n) is 5.00. The number of nitrogens with one attached hydrogen (secondary N) is 3. The van der Waals surface area contributed by atoms with E-state index in [4.69, 9.17) is 4.74 Å². The van der Waals surface area contributed by atoms with Crippen LogP contribution in [0.5, 0.6) is 5.75 Å². The number of hydrogen-bond donors (Lipinski definition) is 2. The molecular formula is C30H28N5O2+. The van der Waals surface area contributed by atoms with Crippen molar-refractivity contribution < 1.29 is 9.72 Å². The van der Waals surface area contributed by atoms with Crippen LogP contribution in [0.25, 0.3) is 33.6 Å². The Morgan fingerprint density at radius 3 is 2.46 bits per heavy atom. The third kappa shape index (κ3) is 4.29. The highest BCUT2D eigenvalue weighted by Gasteiger charge is 2.28. The Hall–Kier alpha value is -4.65. The van der Waals surface area contributed by atoms with Gasteiger partial charge in [-0.15, -0.1) is 4.52 Å². The van der Waals surface area contributed by atoms with E-state index in [9.17, 15) is 4.79 Å². The Labute approximate surface area is 214 Å². The van der Waals surface area contributed by atoms with Crippen molar-refractivity contribution in [2.75, 3.05) is 12.4 Å². The Bertz CT molecular complexity index is 1640. The molecule has 7 nitrogen and oxygen atoms in total. The lowest BCUT2D eigenvalue weighted by molar-refractivity contribution is -0.332. The maximum Gasteiger partial charge on any atom is 0.343 e. The van der Waals surface area contributed by atoms with Crippen LogP contribution in [0.1, 0.15) is 31.2 Å². The largest absolute Gasteiger partial charge is 0.497 e. The normalized spacial score (nSPS) is 13.4. The molecule has 3 aromatic heterocycles. The summed E-state index contributed by atoms with van der Waals surface area (Å²) in [4.78, 5) is 22.2. The van der Waals surface area contributed by atoms with Crippen LogP contribution in [-0.4, -0.2) is 21.7 Å². The molecule has 0 atom stereocenters. The molecule has 0 saturated heterocycles. The van der Waals surface area contributed by atoms with E-state index in [-0.39, 0.29) is 5.56 Å². The molecule has 5 aromatic rings. The van der Waals surface area contributed by atoms with Crippen molar-refractivity contribution in [3.8, 4) is 28.1 Å². The lowest BCUT2D eigenvalue weighted by Gasteiger charge is -2.13. The number of H-pyrrole nitrogens is 2. The van der Waals surface area contributed by atoms with Crippen molar-refractivity contribution in [3.63, 3.8) is 0 Å². The molecule has 0 spiro atoms. The molecule has 0 amide bonds. The van der Waals surface area contributed by atoms with Crippen LogP contribution in [-0.2, 0) is 0 Å². The fraction of sp³-hybridized carbons (Fsp3) is 0.167. The summed E-state index contributed by atoms with van der Waals surface area (Å²) in [5.74, 6) is 1.96. The Morgan fingerprint density at radius 1 is 0.946 bits per heavy atom. The first-order chi connectivity index (χ1) is 18.2. The van der Waals surface area contributed by atoms with Crippen LogP contribution in [0, 0.1) is 0 Å². The second-order valence-corrected chi connectivity index (χ2v) is 9.14. The summed E-state index contributed by atoms with van der Waals surface area (Å²) in [5, 5.41) is 6.80. The van der Waals surface area contributed by atoms with Crippen LogP contribution in [0.2, 0.25) is 0 Å². The number of ether oxygens (including phenoxy) is 1. The molecule has 0 bridgehead atoms. The summed E-state index contributed by atoms with van der Waals surface area (Å²) in [7, 11) is 1.63. The van der Waals surface area contributed by atoms with Gasteiger partial charge in [0.1, 0.15) is 11.3 Å². The number of allylic oxidation sites excluding steroid dienone is 2. The van der Waals surface area contributed by atoms with Crippen LogP contribution >= 0.6 is 0 Å². The average Bonchev–Trinajstić information content (AvgIpc) is 3.35. The molecule has 184 valence electrons. The number of rotatable bonds is 6. The summed E-state index contributed by atoms with van der Waals surface area (Å²) < 4.78 is 6.97. The molecule has 1 aliphatic carbocycles. The minimum absolute atomic E-state index is 0.155. The molecule has 6 rings (SSSR count). The molecule has 0 aliphatic heterocycles. The van der Waals surface area contributed by atoms with E-state index in [2.05, 4.69) is 38.6 Å². The molecule has 0 radical (unpaired) electrons. The number of fused-ring (bicyclic) bond motifs is 1. The van der Waals surface area contributed by atoms with E-state index in [1.54, 1.807) is 17.8 Å². The topological polar surface area (TPSA) is 85.6 Å². The zero-order chi connectivity index (χ0) is 25.2. The first-order valence-electron chi connectivity index (χ1n) is 12.5. The maximum atomic E-state index is 14.2. The molecule has 0 fully saturated rings. The van der Waals surface area contributed by atoms with Crippen LogP contribution in [0.4, 0.5) is 11.6 Å². The molecule has 37 heavy (non-hydrogen) atoms. The standard InChI is InChI=1S/C30H27N5O2/c1-37-23-17-15-21(16-18-23)26-28(32-24-14-8-9-19-31-24)33-29-25(20-10-4-2-5-11-20)27(34-35(29)30(26)36)22-12-6-3-7-13-22/h3,6-10,12-19,34H,2,4-5,11H2,1H3,(H,31,32)/p+1. The van der Waals surface area contributed by atoms with Gasteiger partial charge in [0.05, 0.1) is 18.4 Å². The number of aromatic nitrogens is 4. The highest BCUT2D eigenvalue weighted by molar-refractivity contribution is 5.87. The molecule has 2 aromatic carbocycles. The second-order valence-electron chi connectivity index (χ2n) is 9.14. The van der Waals surface area contributed by atoms with Gasteiger partial charge in [0, 0.05) is 11.8 Å².